The molecule has 0 aromatic heterocycles. The van der Waals surface area contributed by atoms with Gasteiger partial charge in [-0.2, -0.15) is 5.26 Å². The highest BCUT2D eigenvalue weighted by Crippen LogP contribution is 2.37. The Bertz CT molecular complexity index is 191. The van der Waals surface area contributed by atoms with Crippen molar-refractivity contribution < 1.29 is 0 Å². The Kier molecular flexibility index (Phi) is 4.41. The van der Waals surface area contributed by atoms with Gasteiger partial charge in [0.2, 0.25) is 0 Å². The van der Waals surface area contributed by atoms with Gasteiger partial charge in [-0.05, 0) is 31.3 Å². The van der Waals surface area contributed by atoms with E-state index in [0.717, 1.165) is 6.54 Å². The molecule has 0 aromatic carbocycles. The zero-order valence-electron chi connectivity index (χ0n) is 9.55. The fourth-order valence-corrected chi connectivity index (χ4v) is 2.42. The summed E-state index contributed by atoms with van der Waals surface area (Å²) in [6.45, 7) is 8.00. The molecule has 1 heterocycles. The van der Waals surface area contributed by atoms with Crippen molar-refractivity contribution in [2.75, 3.05) is 19.6 Å². The van der Waals surface area contributed by atoms with Crippen molar-refractivity contribution in [3.8, 4) is 6.07 Å². The number of likely N-dealkylation sites (tertiary alicyclic amines) is 1. The second-order valence-corrected chi connectivity index (χ2v) is 4.46. The van der Waals surface area contributed by atoms with Crippen LogP contribution in [0.3, 0.4) is 0 Å². The molecule has 1 aliphatic rings. The first-order valence-electron chi connectivity index (χ1n) is 5.85. The minimum Gasteiger partial charge on any atom is -0.302 e. The van der Waals surface area contributed by atoms with Gasteiger partial charge >= 0.3 is 0 Å². The molecule has 0 N–H and O–H groups in total. The lowest BCUT2D eigenvalue weighted by molar-refractivity contribution is 0.0970. The van der Waals surface area contributed by atoms with Gasteiger partial charge in [-0.15, -0.1) is 0 Å². The highest BCUT2D eigenvalue weighted by atomic mass is 15.1. The summed E-state index contributed by atoms with van der Waals surface area (Å²) in [6, 6.07) is 2.22. The van der Waals surface area contributed by atoms with Crippen LogP contribution >= 0.6 is 0 Å². The van der Waals surface area contributed by atoms with Crippen LogP contribution in [0.4, 0.5) is 0 Å². The van der Waals surface area contributed by atoms with Crippen molar-refractivity contribution in [1.29, 1.82) is 5.26 Å². The summed E-state index contributed by atoms with van der Waals surface area (Å²) in [5, 5.41) is 8.52. The van der Waals surface area contributed by atoms with Gasteiger partial charge in [0.25, 0.3) is 0 Å². The maximum absolute atomic E-state index is 8.52. The first kappa shape index (κ1) is 11.5. The molecule has 0 radical (unpaired) electrons. The Morgan fingerprint density at radius 1 is 1.21 bits per heavy atom. The van der Waals surface area contributed by atoms with Crippen LogP contribution in [0.1, 0.15) is 46.0 Å². The zero-order valence-corrected chi connectivity index (χ0v) is 9.55. The van der Waals surface area contributed by atoms with E-state index in [4.69, 9.17) is 5.26 Å². The lowest BCUT2D eigenvalue weighted by atomic mass is 9.74. The van der Waals surface area contributed by atoms with E-state index >= 15 is 0 Å². The largest absolute Gasteiger partial charge is 0.302 e. The highest BCUT2D eigenvalue weighted by Gasteiger charge is 2.30. The number of hydrogen-bond acceptors (Lipinski definition) is 2. The minimum atomic E-state index is 0.614. The van der Waals surface area contributed by atoms with Crippen molar-refractivity contribution in [1.82, 2.24) is 4.90 Å². The maximum Gasteiger partial charge on any atom is 0.0635 e. The Morgan fingerprint density at radius 3 is 2.21 bits per heavy atom. The summed E-state index contributed by atoms with van der Waals surface area (Å²) >= 11 is 0. The van der Waals surface area contributed by atoms with Gasteiger partial charge in [0.05, 0.1) is 6.07 Å². The molecule has 80 valence electrons. The van der Waals surface area contributed by atoms with Crippen LogP contribution in [0.25, 0.3) is 0 Å². The first-order chi connectivity index (χ1) is 6.76. The zero-order chi connectivity index (χ0) is 10.4. The number of nitrogens with zero attached hydrogens (tertiary/aromatic N) is 2. The molecular formula is C12H22N2. The Hall–Kier alpha value is -0.550. The molecule has 0 bridgehead atoms. The number of hydrogen-bond donors (Lipinski definition) is 0. The molecule has 0 saturated carbocycles. The van der Waals surface area contributed by atoms with E-state index in [9.17, 15) is 0 Å². The van der Waals surface area contributed by atoms with Crippen molar-refractivity contribution in [3.05, 3.63) is 0 Å². The van der Waals surface area contributed by atoms with E-state index < -0.39 is 0 Å². The maximum atomic E-state index is 8.52. The minimum absolute atomic E-state index is 0.614. The fraction of sp³-hybridized carbons (Fsp3) is 0.917. The van der Waals surface area contributed by atoms with Crippen LogP contribution < -0.4 is 0 Å². The summed E-state index contributed by atoms with van der Waals surface area (Å²) in [6.07, 6.45) is 5.97. The molecule has 1 rings (SSSR count). The van der Waals surface area contributed by atoms with Crippen molar-refractivity contribution in [2.45, 2.75) is 46.0 Å². The van der Waals surface area contributed by atoms with Crippen LogP contribution in [0.5, 0.6) is 0 Å². The Labute approximate surface area is 87.9 Å². The Morgan fingerprint density at radius 2 is 1.79 bits per heavy atom. The van der Waals surface area contributed by atoms with Gasteiger partial charge in [-0.25, -0.2) is 0 Å². The number of rotatable bonds is 4. The van der Waals surface area contributed by atoms with Crippen molar-refractivity contribution >= 4 is 0 Å². The molecule has 0 aliphatic carbocycles. The highest BCUT2D eigenvalue weighted by molar-refractivity contribution is 4.85. The van der Waals surface area contributed by atoms with E-state index in [1.807, 2.05) is 0 Å². The number of nitriles is 1. The molecule has 0 atom stereocenters. The van der Waals surface area contributed by atoms with Crippen LogP contribution in [0, 0.1) is 16.7 Å². The van der Waals surface area contributed by atoms with Gasteiger partial charge in [0, 0.05) is 13.0 Å². The molecule has 0 spiro atoms. The normalized spacial score (nSPS) is 21.8. The average Bonchev–Trinajstić information content (AvgIpc) is 2.27. The topological polar surface area (TPSA) is 27.0 Å². The number of piperidine rings is 1. The van der Waals surface area contributed by atoms with E-state index in [1.165, 1.54) is 38.8 Å². The third-order valence-corrected chi connectivity index (χ3v) is 3.96. The predicted octanol–water partition coefficient (Wildman–Crippen LogP) is 2.80. The van der Waals surface area contributed by atoms with Crippen molar-refractivity contribution in [2.24, 2.45) is 5.41 Å². The van der Waals surface area contributed by atoms with Gasteiger partial charge in [-0.1, -0.05) is 26.7 Å². The second-order valence-electron chi connectivity index (χ2n) is 4.46. The van der Waals surface area contributed by atoms with Gasteiger partial charge in [0.1, 0.15) is 0 Å². The van der Waals surface area contributed by atoms with Crippen molar-refractivity contribution in [3.63, 3.8) is 0 Å². The standard InChI is InChI=1S/C12H22N2/c1-3-12(4-2)6-10-14(11-7-12)9-5-8-13/h3-7,9-11H2,1-2H3. The molecule has 2 heteroatoms. The summed E-state index contributed by atoms with van der Waals surface area (Å²) in [4.78, 5) is 2.44. The molecule has 0 amide bonds. The SMILES string of the molecule is CCC1(CC)CCN(CCC#N)CC1. The van der Waals surface area contributed by atoms with E-state index in [2.05, 4.69) is 24.8 Å². The molecular weight excluding hydrogens is 172 g/mol. The summed E-state index contributed by atoms with van der Waals surface area (Å²) < 4.78 is 0. The summed E-state index contributed by atoms with van der Waals surface area (Å²) in [5.41, 5.74) is 0.614. The molecule has 0 unspecified atom stereocenters. The molecule has 2 nitrogen and oxygen atoms in total. The van der Waals surface area contributed by atoms with Gasteiger partial charge in [0.15, 0.2) is 0 Å². The van der Waals surface area contributed by atoms with Crippen LogP contribution in [0.2, 0.25) is 0 Å². The molecule has 1 saturated heterocycles. The van der Waals surface area contributed by atoms with Crippen LogP contribution in [-0.2, 0) is 0 Å². The summed E-state index contributed by atoms with van der Waals surface area (Å²) in [7, 11) is 0. The molecule has 1 aliphatic heterocycles. The quantitative estimate of drug-likeness (QED) is 0.688. The molecule has 0 aromatic rings. The fourth-order valence-electron chi connectivity index (χ4n) is 2.42. The third-order valence-electron chi connectivity index (χ3n) is 3.96. The van der Waals surface area contributed by atoms with Gasteiger partial charge in [-0.3, -0.25) is 0 Å². The third kappa shape index (κ3) is 2.72. The predicted molar refractivity (Wildman–Crippen MR) is 58.9 cm³/mol. The van der Waals surface area contributed by atoms with E-state index in [0.29, 0.717) is 11.8 Å². The average molecular weight is 194 g/mol. The summed E-state index contributed by atoms with van der Waals surface area (Å²) in [5.74, 6) is 0. The molecule has 1 fully saturated rings. The smallest absolute Gasteiger partial charge is 0.0635 e. The first-order valence-corrected chi connectivity index (χ1v) is 5.85. The van der Waals surface area contributed by atoms with E-state index in [-0.39, 0.29) is 0 Å². The van der Waals surface area contributed by atoms with Crippen LogP contribution in [0.15, 0.2) is 0 Å². The molecule has 14 heavy (non-hydrogen) atoms. The monoisotopic (exact) mass is 194 g/mol. The van der Waals surface area contributed by atoms with E-state index in [1.54, 1.807) is 0 Å². The second kappa shape index (κ2) is 5.36. The lowest BCUT2D eigenvalue weighted by Gasteiger charge is -2.40. The Balaban J connectivity index is 2.34. The van der Waals surface area contributed by atoms with Gasteiger partial charge < -0.3 is 4.90 Å². The lowest BCUT2D eigenvalue weighted by Crippen LogP contribution is -2.39. The van der Waals surface area contributed by atoms with Crippen LogP contribution in [-0.4, -0.2) is 24.5 Å².